The van der Waals surface area contributed by atoms with Gasteiger partial charge in [-0.05, 0) is 59.5 Å². The van der Waals surface area contributed by atoms with Gasteiger partial charge in [0.1, 0.15) is 5.82 Å². The van der Waals surface area contributed by atoms with E-state index < -0.39 is 0 Å². The number of nitrogens with zero attached hydrogens (tertiary/aromatic N) is 4. The normalized spacial score (nSPS) is 17.0. The minimum atomic E-state index is 0.265. The third-order valence-electron chi connectivity index (χ3n) is 5.04. The smallest absolute Gasteiger partial charge is 0.237 e. The lowest BCUT2D eigenvalue weighted by Gasteiger charge is -2.36. The summed E-state index contributed by atoms with van der Waals surface area (Å²) in [7, 11) is 0. The molecule has 0 N–H and O–H groups in total. The van der Waals surface area contributed by atoms with Gasteiger partial charge in [-0.3, -0.25) is 9.69 Å². The first-order chi connectivity index (χ1) is 11.4. The van der Waals surface area contributed by atoms with E-state index in [1.165, 1.54) is 5.82 Å². The Hall–Kier alpha value is -1.36. The van der Waals surface area contributed by atoms with Crippen LogP contribution in [0, 0.1) is 5.92 Å². The molecule has 1 aromatic heterocycles. The number of likely N-dealkylation sites (tertiary alicyclic amines) is 1. The molecule has 136 valence electrons. The fraction of sp³-hybridized carbons (Fsp3) is 0.789. The van der Waals surface area contributed by atoms with Crippen molar-refractivity contribution in [2.45, 2.75) is 72.5 Å². The summed E-state index contributed by atoms with van der Waals surface area (Å²) in [6.07, 6.45) is 7.31. The maximum atomic E-state index is 12.6. The maximum absolute atomic E-state index is 12.6. The van der Waals surface area contributed by atoms with E-state index in [1.807, 2.05) is 11.1 Å². The van der Waals surface area contributed by atoms with Crippen LogP contribution in [0.5, 0.6) is 0 Å². The van der Waals surface area contributed by atoms with Crippen LogP contribution in [0.4, 0.5) is 0 Å². The Kier molecular flexibility index (Phi) is 6.84. The van der Waals surface area contributed by atoms with E-state index in [9.17, 15) is 4.79 Å². The van der Waals surface area contributed by atoms with Crippen molar-refractivity contribution in [3.63, 3.8) is 0 Å². The fourth-order valence-corrected chi connectivity index (χ4v) is 3.87. The van der Waals surface area contributed by atoms with E-state index in [0.29, 0.717) is 12.5 Å². The third-order valence-corrected chi connectivity index (χ3v) is 5.04. The Balaban J connectivity index is 1.81. The van der Waals surface area contributed by atoms with Gasteiger partial charge in [0, 0.05) is 37.4 Å². The van der Waals surface area contributed by atoms with Crippen molar-refractivity contribution >= 4 is 5.91 Å². The molecule has 2 rings (SSSR count). The van der Waals surface area contributed by atoms with Gasteiger partial charge in [-0.1, -0.05) is 6.92 Å². The topological polar surface area (TPSA) is 41.4 Å². The van der Waals surface area contributed by atoms with E-state index in [2.05, 4.69) is 55.3 Å². The highest BCUT2D eigenvalue weighted by Gasteiger charge is 2.25. The van der Waals surface area contributed by atoms with Crippen LogP contribution >= 0.6 is 0 Å². The molecule has 0 bridgehead atoms. The molecule has 5 nitrogen and oxygen atoms in total. The maximum Gasteiger partial charge on any atom is 0.237 e. The zero-order valence-electron chi connectivity index (χ0n) is 16.0. The first-order valence-electron chi connectivity index (χ1n) is 9.45. The third kappa shape index (κ3) is 4.82. The highest BCUT2D eigenvalue weighted by atomic mass is 16.2. The average molecular weight is 335 g/mol. The summed E-state index contributed by atoms with van der Waals surface area (Å²) in [6.45, 7) is 14.2. The lowest BCUT2D eigenvalue weighted by atomic mass is 9.96. The van der Waals surface area contributed by atoms with Gasteiger partial charge in [0.05, 0.1) is 6.54 Å². The molecule has 0 radical (unpaired) electrons. The summed E-state index contributed by atoms with van der Waals surface area (Å²) < 4.78 is 2.30. The number of imidazole rings is 1. The predicted octanol–water partition coefficient (Wildman–Crippen LogP) is 2.80. The molecule has 0 atom stereocenters. The summed E-state index contributed by atoms with van der Waals surface area (Å²) in [5, 5.41) is 0. The molecular formula is C19H34N4O. The number of piperidine rings is 1. The summed E-state index contributed by atoms with van der Waals surface area (Å²) in [4.78, 5) is 21.3. The second-order valence-electron chi connectivity index (χ2n) is 7.56. The van der Waals surface area contributed by atoms with Crippen LogP contribution in [0.25, 0.3) is 0 Å². The lowest BCUT2D eigenvalue weighted by Crippen LogP contribution is -2.48. The molecule has 1 saturated heterocycles. The van der Waals surface area contributed by atoms with Crippen LogP contribution < -0.4 is 0 Å². The van der Waals surface area contributed by atoms with Gasteiger partial charge in [0.25, 0.3) is 0 Å². The number of aromatic nitrogens is 2. The van der Waals surface area contributed by atoms with Gasteiger partial charge in [-0.25, -0.2) is 4.98 Å². The van der Waals surface area contributed by atoms with Crippen molar-refractivity contribution in [1.82, 2.24) is 19.4 Å². The standard InChI is InChI=1S/C19H34N4O/c1-6-18-20-9-12-22(18)13-17-7-10-21(11-8-17)14-19(24)23(15(2)3)16(4)5/h9,12,15-17H,6-8,10-11,13-14H2,1-5H3. The van der Waals surface area contributed by atoms with Crippen molar-refractivity contribution < 1.29 is 4.79 Å². The Bertz CT molecular complexity index is 507. The Morgan fingerprint density at radius 3 is 2.42 bits per heavy atom. The predicted molar refractivity (Wildman–Crippen MR) is 97.9 cm³/mol. The van der Waals surface area contributed by atoms with Crippen molar-refractivity contribution in [2.75, 3.05) is 19.6 Å². The Labute approximate surface area is 147 Å². The zero-order chi connectivity index (χ0) is 17.7. The molecule has 0 aliphatic carbocycles. The van der Waals surface area contributed by atoms with E-state index >= 15 is 0 Å². The molecule has 2 heterocycles. The Morgan fingerprint density at radius 1 is 1.25 bits per heavy atom. The minimum Gasteiger partial charge on any atom is -0.337 e. The molecule has 1 aliphatic heterocycles. The van der Waals surface area contributed by atoms with Gasteiger partial charge in [0.15, 0.2) is 0 Å². The number of aryl methyl sites for hydroxylation is 1. The zero-order valence-corrected chi connectivity index (χ0v) is 16.0. The largest absolute Gasteiger partial charge is 0.337 e. The van der Waals surface area contributed by atoms with Gasteiger partial charge in [-0.15, -0.1) is 0 Å². The van der Waals surface area contributed by atoms with Crippen LogP contribution in [0.1, 0.15) is 53.3 Å². The summed E-state index contributed by atoms with van der Waals surface area (Å²) in [5.74, 6) is 2.14. The summed E-state index contributed by atoms with van der Waals surface area (Å²) >= 11 is 0. The number of carbonyl (C=O) groups excluding carboxylic acids is 1. The molecule has 24 heavy (non-hydrogen) atoms. The average Bonchev–Trinajstić information content (AvgIpc) is 2.95. The highest BCUT2D eigenvalue weighted by molar-refractivity contribution is 5.78. The molecule has 0 spiro atoms. The van der Waals surface area contributed by atoms with Gasteiger partial charge in [0.2, 0.25) is 5.91 Å². The fourth-order valence-electron chi connectivity index (χ4n) is 3.87. The van der Waals surface area contributed by atoms with Gasteiger partial charge in [-0.2, -0.15) is 0 Å². The lowest BCUT2D eigenvalue weighted by molar-refractivity contribution is -0.136. The number of carbonyl (C=O) groups is 1. The SMILES string of the molecule is CCc1nccn1CC1CCN(CC(=O)N(C(C)C)C(C)C)CC1. The van der Waals surface area contributed by atoms with Crippen LogP contribution in [0.15, 0.2) is 12.4 Å². The minimum absolute atomic E-state index is 0.265. The summed E-state index contributed by atoms with van der Waals surface area (Å²) in [5.41, 5.74) is 0. The van der Waals surface area contributed by atoms with Gasteiger partial charge >= 0.3 is 0 Å². The molecule has 1 amide bonds. The van der Waals surface area contributed by atoms with Crippen LogP contribution in [-0.2, 0) is 17.8 Å². The molecule has 0 saturated carbocycles. The van der Waals surface area contributed by atoms with Crippen LogP contribution in [0.3, 0.4) is 0 Å². The molecule has 1 aliphatic rings. The summed E-state index contributed by atoms with van der Waals surface area (Å²) in [6, 6.07) is 0.535. The monoisotopic (exact) mass is 334 g/mol. The number of rotatable bonds is 7. The second-order valence-corrected chi connectivity index (χ2v) is 7.56. The Morgan fingerprint density at radius 2 is 1.88 bits per heavy atom. The first kappa shape index (κ1) is 19.0. The van der Waals surface area contributed by atoms with Crippen molar-refractivity contribution in [3.8, 4) is 0 Å². The second kappa shape index (κ2) is 8.65. The number of hydrogen-bond donors (Lipinski definition) is 0. The van der Waals surface area contributed by atoms with Crippen molar-refractivity contribution in [3.05, 3.63) is 18.2 Å². The van der Waals surface area contributed by atoms with E-state index in [4.69, 9.17) is 0 Å². The molecule has 1 fully saturated rings. The molecule has 1 aromatic rings. The van der Waals surface area contributed by atoms with Crippen LogP contribution in [0.2, 0.25) is 0 Å². The van der Waals surface area contributed by atoms with E-state index in [1.54, 1.807) is 0 Å². The van der Waals surface area contributed by atoms with Crippen molar-refractivity contribution in [1.29, 1.82) is 0 Å². The van der Waals surface area contributed by atoms with Gasteiger partial charge < -0.3 is 9.47 Å². The van der Waals surface area contributed by atoms with Crippen molar-refractivity contribution in [2.24, 2.45) is 5.92 Å². The van der Waals surface area contributed by atoms with E-state index in [-0.39, 0.29) is 18.0 Å². The number of amides is 1. The molecular weight excluding hydrogens is 300 g/mol. The van der Waals surface area contributed by atoms with Crippen LogP contribution in [-0.4, -0.2) is 57.0 Å². The molecule has 0 aromatic carbocycles. The molecule has 0 unspecified atom stereocenters. The molecule has 5 heteroatoms. The number of hydrogen-bond acceptors (Lipinski definition) is 3. The quantitative estimate of drug-likeness (QED) is 0.770. The van der Waals surface area contributed by atoms with E-state index in [0.717, 1.165) is 38.9 Å². The first-order valence-corrected chi connectivity index (χ1v) is 9.45. The highest BCUT2D eigenvalue weighted by Crippen LogP contribution is 2.20.